The highest BCUT2D eigenvalue weighted by molar-refractivity contribution is 6.30. The van der Waals surface area contributed by atoms with Gasteiger partial charge in [-0.25, -0.2) is 4.79 Å². The summed E-state index contributed by atoms with van der Waals surface area (Å²) in [5, 5.41) is 3.19. The Bertz CT molecular complexity index is 831. The van der Waals surface area contributed by atoms with Crippen molar-refractivity contribution >= 4 is 23.6 Å². The lowest BCUT2D eigenvalue weighted by Gasteiger charge is -2.19. The third kappa shape index (κ3) is 6.83. The molecule has 0 spiro atoms. The number of primary amides is 1. The fraction of sp³-hybridized carbons (Fsp3) is 0.300. The molecule has 0 unspecified atom stereocenters. The molecule has 3 N–H and O–H groups in total. The van der Waals surface area contributed by atoms with Crippen LogP contribution in [0.4, 0.5) is 4.79 Å². The van der Waals surface area contributed by atoms with E-state index in [1.54, 1.807) is 51.1 Å². The van der Waals surface area contributed by atoms with Crippen molar-refractivity contribution in [1.82, 2.24) is 5.32 Å². The largest absolute Gasteiger partial charge is 0.492 e. The maximum atomic E-state index is 11.6. The van der Waals surface area contributed by atoms with E-state index in [1.165, 1.54) is 0 Å². The molecule has 0 atom stereocenters. The summed E-state index contributed by atoms with van der Waals surface area (Å²) in [4.78, 5) is 23.2. The van der Waals surface area contributed by atoms with Crippen LogP contribution in [0.3, 0.4) is 0 Å². The number of hydrogen-bond acceptors (Lipinski definition) is 4. The number of hydrogen-bond donors (Lipinski definition) is 2. The van der Waals surface area contributed by atoms with Crippen LogP contribution in [0.2, 0.25) is 5.02 Å². The van der Waals surface area contributed by atoms with Crippen molar-refractivity contribution < 1.29 is 19.1 Å². The third-order valence-electron chi connectivity index (χ3n) is 3.39. The fourth-order valence-electron chi connectivity index (χ4n) is 2.30. The van der Waals surface area contributed by atoms with Crippen molar-refractivity contribution in [2.45, 2.75) is 26.4 Å². The summed E-state index contributed by atoms with van der Waals surface area (Å²) in [6.45, 7) is 5.82. The van der Waals surface area contributed by atoms with Gasteiger partial charge in [0.2, 0.25) is 5.91 Å². The Morgan fingerprint density at radius 2 is 1.85 bits per heavy atom. The van der Waals surface area contributed by atoms with Crippen LogP contribution in [0.15, 0.2) is 42.5 Å². The van der Waals surface area contributed by atoms with E-state index in [4.69, 9.17) is 26.8 Å². The van der Waals surface area contributed by atoms with Crippen LogP contribution in [-0.4, -0.2) is 30.8 Å². The van der Waals surface area contributed by atoms with Gasteiger partial charge in [-0.15, -0.1) is 0 Å². The fourth-order valence-corrected chi connectivity index (χ4v) is 2.49. The topological polar surface area (TPSA) is 90.7 Å². The Morgan fingerprint density at radius 1 is 1.11 bits per heavy atom. The van der Waals surface area contributed by atoms with Crippen LogP contribution in [0.25, 0.3) is 11.1 Å². The number of carbonyl (C=O) groups is 2. The summed E-state index contributed by atoms with van der Waals surface area (Å²) < 4.78 is 10.8. The van der Waals surface area contributed by atoms with Crippen LogP contribution < -0.4 is 15.8 Å². The van der Waals surface area contributed by atoms with Gasteiger partial charge in [0.05, 0.1) is 6.54 Å². The second kappa shape index (κ2) is 8.77. The molecule has 7 heteroatoms. The molecule has 144 valence electrons. The number of ether oxygens (including phenoxy) is 2. The molecule has 0 saturated heterocycles. The molecule has 0 aliphatic carbocycles. The van der Waals surface area contributed by atoms with Gasteiger partial charge in [-0.05, 0) is 62.2 Å². The van der Waals surface area contributed by atoms with E-state index in [-0.39, 0.29) is 13.2 Å². The average molecular weight is 391 g/mol. The van der Waals surface area contributed by atoms with E-state index < -0.39 is 17.6 Å². The number of nitrogens with one attached hydrogen (secondary N) is 1. The van der Waals surface area contributed by atoms with Crippen LogP contribution in [0.5, 0.6) is 5.75 Å². The summed E-state index contributed by atoms with van der Waals surface area (Å²) in [6.07, 6.45) is -0.517. The highest BCUT2D eigenvalue weighted by Gasteiger charge is 2.15. The summed E-state index contributed by atoms with van der Waals surface area (Å²) >= 11 is 6.04. The van der Waals surface area contributed by atoms with Gasteiger partial charge in [-0.1, -0.05) is 23.7 Å². The first-order valence-electron chi connectivity index (χ1n) is 8.44. The Morgan fingerprint density at radius 3 is 2.48 bits per heavy atom. The van der Waals surface area contributed by atoms with Crippen molar-refractivity contribution in [3.8, 4) is 16.9 Å². The first kappa shape index (κ1) is 20.6. The van der Waals surface area contributed by atoms with E-state index in [2.05, 4.69) is 5.32 Å². The minimum absolute atomic E-state index is 0.205. The number of carbonyl (C=O) groups excluding carboxylic acids is 2. The van der Waals surface area contributed by atoms with Gasteiger partial charge < -0.3 is 20.5 Å². The molecular weight excluding hydrogens is 368 g/mol. The summed E-state index contributed by atoms with van der Waals surface area (Å²) in [5.41, 5.74) is 6.77. The minimum Gasteiger partial charge on any atom is -0.492 e. The predicted molar refractivity (Wildman–Crippen MR) is 105 cm³/mol. The Labute approximate surface area is 163 Å². The molecular formula is C20H23ClN2O4. The quantitative estimate of drug-likeness (QED) is 0.729. The average Bonchev–Trinajstić information content (AvgIpc) is 2.57. The zero-order chi connectivity index (χ0) is 20.0. The zero-order valence-electron chi connectivity index (χ0n) is 15.5. The first-order valence-corrected chi connectivity index (χ1v) is 8.82. The second-order valence-electron chi connectivity index (χ2n) is 6.90. The van der Waals surface area contributed by atoms with Gasteiger partial charge in [0.25, 0.3) is 0 Å². The van der Waals surface area contributed by atoms with Gasteiger partial charge in [0.1, 0.15) is 18.0 Å². The van der Waals surface area contributed by atoms with Gasteiger partial charge in [-0.3, -0.25) is 4.79 Å². The van der Waals surface area contributed by atoms with Crippen molar-refractivity contribution in [1.29, 1.82) is 0 Å². The van der Waals surface area contributed by atoms with E-state index in [0.29, 0.717) is 16.3 Å². The van der Waals surface area contributed by atoms with Crippen LogP contribution in [0, 0.1) is 0 Å². The molecule has 0 bridgehead atoms. The molecule has 2 aromatic carbocycles. The van der Waals surface area contributed by atoms with Gasteiger partial charge in [0.15, 0.2) is 0 Å². The molecule has 27 heavy (non-hydrogen) atoms. The molecule has 0 fully saturated rings. The molecule has 2 amide bonds. The Hall–Kier alpha value is -2.73. The number of benzene rings is 2. The monoisotopic (exact) mass is 390 g/mol. The normalized spacial score (nSPS) is 11.0. The van der Waals surface area contributed by atoms with Crippen molar-refractivity contribution in [2.75, 3.05) is 13.2 Å². The molecule has 2 rings (SSSR count). The number of alkyl carbamates (subject to hydrolysis) is 1. The van der Waals surface area contributed by atoms with Gasteiger partial charge in [-0.2, -0.15) is 0 Å². The van der Waals surface area contributed by atoms with Gasteiger partial charge in [0, 0.05) is 10.6 Å². The minimum atomic E-state index is -0.563. The van der Waals surface area contributed by atoms with Crippen molar-refractivity contribution in [3.05, 3.63) is 53.1 Å². The Kier molecular flexibility index (Phi) is 6.69. The van der Waals surface area contributed by atoms with Crippen LogP contribution in [0.1, 0.15) is 31.1 Å². The SMILES string of the molecule is CC(C)(C)OC(=O)NCCOc1cc(C(N)=O)cc(-c2cccc(Cl)c2)c1. The molecule has 0 heterocycles. The highest BCUT2D eigenvalue weighted by Crippen LogP contribution is 2.28. The maximum absolute atomic E-state index is 11.6. The predicted octanol–water partition coefficient (Wildman–Crippen LogP) is 4.01. The van der Waals surface area contributed by atoms with Crippen LogP contribution in [-0.2, 0) is 4.74 Å². The lowest BCUT2D eigenvalue weighted by molar-refractivity contribution is 0.0520. The lowest BCUT2D eigenvalue weighted by Crippen LogP contribution is -2.34. The standard InChI is InChI=1S/C20H23ClN2O4/c1-20(2,3)27-19(25)23-7-8-26-17-11-14(9-15(12-17)18(22)24)13-5-4-6-16(21)10-13/h4-6,9-12H,7-8H2,1-3H3,(H2,22,24)(H,23,25). The second-order valence-corrected chi connectivity index (χ2v) is 7.33. The molecule has 0 saturated carbocycles. The number of amides is 2. The van der Waals surface area contributed by atoms with Crippen molar-refractivity contribution in [2.24, 2.45) is 5.73 Å². The van der Waals surface area contributed by atoms with Crippen LogP contribution >= 0.6 is 11.6 Å². The molecule has 2 aromatic rings. The summed E-state index contributed by atoms with van der Waals surface area (Å²) in [6, 6.07) is 12.3. The molecule has 0 aliphatic heterocycles. The number of halogens is 1. The zero-order valence-corrected chi connectivity index (χ0v) is 16.3. The summed E-state index contributed by atoms with van der Waals surface area (Å²) in [7, 11) is 0. The van der Waals surface area contributed by atoms with Crippen molar-refractivity contribution in [3.63, 3.8) is 0 Å². The molecule has 0 aliphatic rings. The third-order valence-corrected chi connectivity index (χ3v) is 3.62. The summed E-state index contributed by atoms with van der Waals surface area (Å²) in [5.74, 6) is -0.0946. The number of nitrogens with two attached hydrogens (primary N) is 1. The lowest BCUT2D eigenvalue weighted by atomic mass is 10.0. The molecule has 0 aromatic heterocycles. The number of rotatable bonds is 6. The maximum Gasteiger partial charge on any atom is 0.407 e. The van der Waals surface area contributed by atoms with E-state index in [9.17, 15) is 9.59 Å². The molecule has 0 radical (unpaired) electrons. The van der Waals surface area contributed by atoms with E-state index >= 15 is 0 Å². The Balaban J connectivity index is 2.06. The highest BCUT2D eigenvalue weighted by atomic mass is 35.5. The van der Waals surface area contributed by atoms with Gasteiger partial charge >= 0.3 is 6.09 Å². The molecule has 6 nitrogen and oxygen atoms in total. The van der Waals surface area contributed by atoms with E-state index in [1.807, 2.05) is 12.1 Å². The van der Waals surface area contributed by atoms with E-state index in [0.717, 1.165) is 11.1 Å². The first-order chi connectivity index (χ1) is 12.6. The smallest absolute Gasteiger partial charge is 0.407 e.